The molecule has 0 amide bonds. The first-order valence-electron chi connectivity index (χ1n) is 25.6. The molecule has 76 heavy (non-hydrogen) atoms. The molecule has 0 aliphatic heterocycles. The van der Waals surface area contributed by atoms with E-state index >= 15 is 0 Å². The minimum atomic E-state index is 0.622. The van der Waals surface area contributed by atoms with Crippen LogP contribution in [0.1, 0.15) is 0 Å². The smallest absolute Gasteiger partial charge is 0.164 e. The van der Waals surface area contributed by atoms with E-state index in [1.807, 2.05) is 59.1 Å². The van der Waals surface area contributed by atoms with Gasteiger partial charge in [0.15, 0.2) is 17.5 Å². The molecule has 11 aromatic carbocycles. The second-order valence-corrected chi connectivity index (χ2v) is 21.6. The molecule has 0 saturated carbocycles. The predicted octanol–water partition coefficient (Wildman–Crippen LogP) is 19.1. The summed E-state index contributed by atoms with van der Waals surface area (Å²) >= 11 is 3.71. The molecule has 0 unspecified atom stereocenters. The summed E-state index contributed by atoms with van der Waals surface area (Å²) in [5, 5.41) is 10.2. The Morgan fingerprint density at radius 3 is 1.20 bits per heavy atom. The zero-order valence-electron chi connectivity index (χ0n) is 40.7. The van der Waals surface area contributed by atoms with Gasteiger partial charge in [0.25, 0.3) is 0 Å². The normalized spacial score (nSPS) is 11.9. The van der Waals surface area contributed by atoms with Crippen LogP contribution < -0.4 is 0 Å². The van der Waals surface area contributed by atoms with Crippen LogP contribution in [0.15, 0.2) is 249 Å². The molecule has 0 saturated heterocycles. The van der Waals surface area contributed by atoms with E-state index in [0.29, 0.717) is 17.5 Å². The Morgan fingerprint density at radius 1 is 0.250 bits per heavy atom. The molecule has 16 rings (SSSR count). The molecule has 5 heterocycles. The fourth-order valence-corrected chi connectivity index (χ4v) is 14.1. The van der Waals surface area contributed by atoms with Gasteiger partial charge in [-0.1, -0.05) is 170 Å². The number of thiophene rings is 2. The summed E-state index contributed by atoms with van der Waals surface area (Å²) in [7, 11) is 0. The third-order valence-electron chi connectivity index (χ3n) is 15.2. The van der Waals surface area contributed by atoms with Crippen molar-refractivity contribution >= 4 is 107 Å². The molecule has 0 N–H and O–H groups in total. The summed E-state index contributed by atoms with van der Waals surface area (Å²) in [5.74, 6) is 1.88. The molecule has 0 aliphatic rings. The number of para-hydroxylation sites is 4. The fourth-order valence-electron chi connectivity index (χ4n) is 11.8. The molecule has 0 atom stereocenters. The van der Waals surface area contributed by atoms with Crippen molar-refractivity contribution in [2.24, 2.45) is 0 Å². The van der Waals surface area contributed by atoms with Crippen LogP contribution in [0.3, 0.4) is 0 Å². The van der Waals surface area contributed by atoms with Crippen molar-refractivity contribution in [1.29, 1.82) is 0 Å². The van der Waals surface area contributed by atoms with Crippen LogP contribution in [0.5, 0.6) is 0 Å². The van der Waals surface area contributed by atoms with E-state index in [4.69, 9.17) is 15.0 Å². The highest BCUT2D eigenvalue weighted by Gasteiger charge is 2.22. The van der Waals surface area contributed by atoms with E-state index in [1.165, 1.54) is 84.0 Å². The topological polar surface area (TPSA) is 48.5 Å². The Morgan fingerprint density at radius 2 is 0.671 bits per heavy atom. The zero-order chi connectivity index (χ0) is 49.8. The van der Waals surface area contributed by atoms with E-state index in [-0.39, 0.29) is 0 Å². The molecular formula is C69H41N5S2. The minimum Gasteiger partial charge on any atom is -0.309 e. The van der Waals surface area contributed by atoms with Crippen LogP contribution in [0.2, 0.25) is 0 Å². The van der Waals surface area contributed by atoms with Gasteiger partial charge in [-0.3, -0.25) is 0 Å². The highest BCUT2D eigenvalue weighted by atomic mass is 32.1. The van der Waals surface area contributed by atoms with Crippen molar-refractivity contribution in [3.8, 4) is 67.8 Å². The summed E-state index contributed by atoms with van der Waals surface area (Å²) in [6, 6.07) is 89.6. The first kappa shape index (κ1) is 42.9. The van der Waals surface area contributed by atoms with Crippen molar-refractivity contribution in [2.75, 3.05) is 0 Å². The summed E-state index contributed by atoms with van der Waals surface area (Å²) in [6.45, 7) is 0. The molecule has 16 aromatic rings. The van der Waals surface area contributed by atoms with Gasteiger partial charge in [0.2, 0.25) is 0 Å². The van der Waals surface area contributed by atoms with Gasteiger partial charge in [0.05, 0.1) is 22.1 Å². The molecule has 354 valence electrons. The van der Waals surface area contributed by atoms with Crippen molar-refractivity contribution in [3.63, 3.8) is 0 Å². The Kier molecular flexibility index (Phi) is 9.61. The molecule has 0 spiro atoms. The second kappa shape index (κ2) is 17.0. The monoisotopic (exact) mass is 1000 g/mol. The quantitative estimate of drug-likeness (QED) is 0.160. The number of aromatic nitrogens is 5. The van der Waals surface area contributed by atoms with Crippen molar-refractivity contribution < 1.29 is 0 Å². The highest BCUT2D eigenvalue weighted by molar-refractivity contribution is 7.26. The zero-order valence-corrected chi connectivity index (χ0v) is 42.4. The van der Waals surface area contributed by atoms with Gasteiger partial charge in [-0.2, -0.15) is 0 Å². The third-order valence-corrected chi connectivity index (χ3v) is 17.4. The second-order valence-electron chi connectivity index (χ2n) is 19.5. The Hall–Kier alpha value is -9.53. The van der Waals surface area contributed by atoms with Crippen LogP contribution in [-0.2, 0) is 0 Å². The Labute approximate surface area is 444 Å². The van der Waals surface area contributed by atoms with Crippen LogP contribution in [0.25, 0.3) is 152 Å². The molecule has 0 fully saturated rings. The summed E-state index contributed by atoms with van der Waals surface area (Å²) < 4.78 is 9.83. The highest BCUT2D eigenvalue weighted by Crippen LogP contribution is 2.47. The number of hydrogen-bond acceptors (Lipinski definition) is 5. The first-order chi connectivity index (χ1) is 37.7. The fraction of sp³-hybridized carbons (Fsp3) is 0. The average molecular weight is 1000 g/mol. The lowest BCUT2D eigenvalue weighted by atomic mass is 9.93. The van der Waals surface area contributed by atoms with E-state index in [1.54, 1.807) is 0 Å². The average Bonchev–Trinajstić information content (AvgIpc) is 4.25. The van der Waals surface area contributed by atoms with Gasteiger partial charge in [-0.15, -0.1) is 22.7 Å². The number of fused-ring (bicyclic) bond motifs is 14. The van der Waals surface area contributed by atoms with Gasteiger partial charge in [-0.05, 0) is 101 Å². The lowest BCUT2D eigenvalue weighted by molar-refractivity contribution is 1.07. The van der Waals surface area contributed by atoms with E-state index < -0.39 is 0 Å². The van der Waals surface area contributed by atoms with E-state index in [0.717, 1.165) is 50.3 Å². The molecule has 7 heteroatoms. The number of benzene rings is 11. The Balaban J connectivity index is 0.897. The van der Waals surface area contributed by atoms with Crippen molar-refractivity contribution in [2.45, 2.75) is 0 Å². The SMILES string of the molecule is c1ccc(-c2nc(-c3ccccc3)nc(-c3cc(-c4ccc5c(c4)sc4ccc6c(c7ccccc7n6-c6ccccc6)c45)ccc3-c3ccc4c(c3)sc3ccc5c(c6ccccc6n5-c5ccccc5)c34)n2)cc1. The van der Waals surface area contributed by atoms with Crippen LogP contribution in [0, 0.1) is 0 Å². The molecular weight excluding hydrogens is 963 g/mol. The van der Waals surface area contributed by atoms with Gasteiger partial charge >= 0.3 is 0 Å². The van der Waals surface area contributed by atoms with Crippen LogP contribution in [0.4, 0.5) is 0 Å². The van der Waals surface area contributed by atoms with Crippen LogP contribution >= 0.6 is 22.7 Å². The minimum absolute atomic E-state index is 0.622. The third kappa shape index (κ3) is 6.66. The lowest BCUT2D eigenvalue weighted by Gasteiger charge is -2.14. The number of hydrogen-bond donors (Lipinski definition) is 0. The molecule has 5 nitrogen and oxygen atoms in total. The standard InChI is InChI=1S/C69H41N5S2/c1-5-17-42(18-6-1)67-70-68(43-19-7-2-8-20-43)72-69(71-67)54-39-44(45-30-33-52-61(40-45)75-59-37-35-57-63(65(52)59)50-25-13-15-27-55(50)73(57)47-21-9-3-10-22-47)29-32-49(54)46-31-34-53-62(41-46)76-60-38-36-58-64(66(53)60)51-26-14-16-28-56(51)74(58)48-23-11-4-12-24-48/h1-41H. The van der Waals surface area contributed by atoms with Crippen molar-refractivity contribution in [1.82, 2.24) is 24.1 Å². The Bertz CT molecular complexity index is 4920. The number of rotatable bonds is 7. The van der Waals surface area contributed by atoms with E-state index in [2.05, 4.69) is 221 Å². The van der Waals surface area contributed by atoms with Gasteiger partial charge in [0, 0.05) is 90.0 Å². The van der Waals surface area contributed by atoms with Gasteiger partial charge < -0.3 is 9.13 Å². The lowest BCUT2D eigenvalue weighted by Crippen LogP contribution is -2.01. The molecule has 0 aliphatic carbocycles. The first-order valence-corrected chi connectivity index (χ1v) is 27.2. The molecule has 0 radical (unpaired) electrons. The van der Waals surface area contributed by atoms with Gasteiger partial charge in [-0.25, -0.2) is 15.0 Å². The molecule has 0 bridgehead atoms. The molecule has 5 aromatic heterocycles. The van der Waals surface area contributed by atoms with E-state index in [9.17, 15) is 0 Å². The number of nitrogens with zero attached hydrogens (tertiary/aromatic N) is 5. The van der Waals surface area contributed by atoms with Crippen LogP contribution in [-0.4, -0.2) is 24.1 Å². The predicted molar refractivity (Wildman–Crippen MR) is 321 cm³/mol. The maximum Gasteiger partial charge on any atom is 0.164 e. The summed E-state index contributed by atoms with van der Waals surface area (Å²) in [4.78, 5) is 15.8. The largest absolute Gasteiger partial charge is 0.309 e. The summed E-state index contributed by atoms with van der Waals surface area (Å²) in [5.41, 5.74) is 14.3. The maximum atomic E-state index is 5.34. The maximum absolute atomic E-state index is 5.34. The summed E-state index contributed by atoms with van der Waals surface area (Å²) in [6.07, 6.45) is 0. The van der Waals surface area contributed by atoms with Crippen molar-refractivity contribution in [3.05, 3.63) is 249 Å². The van der Waals surface area contributed by atoms with Gasteiger partial charge in [0.1, 0.15) is 0 Å².